The molecule has 0 spiro atoms. The van der Waals surface area contributed by atoms with E-state index in [1.54, 1.807) is 0 Å². The van der Waals surface area contributed by atoms with Gasteiger partial charge in [0.05, 0.1) is 0 Å². The fraction of sp³-hybridized carbons (Fsp3) is 0. The minimum absolute atomic E-state index is 0.685. The lowest BCUT2D eigenvalue weighted by Crippen LogP contribution is -2.09. The Bertz CT molecular complexity index is 1890. The van der Waals surface area contributed by atoms with E-state index in [0.29, 0.717) is 5.56 Å². The first-order valence-electron chi connectivity index (χ1n) is 13.1. The average molecular weight is 500 g/mol. The van der Waals surface area contributed by atoms with E-state index < -0.39 is 0 Å². The lowest BCUT2D eigenvalue weighted by Gasteiger charge is -2.26. The zero-order chi connectivity index (χ0) is 26.2. The molecular weight excluding hydrogens is 474 g/mol. The second-order valence-electron chi connectivity index (χ2n) is 9.86. The van der Waals surface area contributed by atoms with Gasteiger partial charge in [-0.3, -0.25) is 4.79 Å². The van der Waals surface area contributed by atoms with Crippen molar-refractivity contribution in [2.45, 2.75) is 0 Å². The van der Waals surface area contributed by atoms with Crippen LogP contribution in [-0.2, 0) is 0 Å². The summed E-state index contributed by atoms with van der Waals surface area (Å²) in [5.74, 6) is 0. The van der Waals surface area contributed by atoms with Crippen molar-refractivity contribution in [2.24, 2.45) is 0 Å². The zero-order valence-corrected chi connectivity index (χ0v) is 21.3. The van der Waals surface area contributed by atoms with Gasteiger partial charge in [-0.15, -0.1) is 0 Å². The highest BCUT2D eigenvalue weighted by atomic mass is 16.1. The first-order valence-corrected chi connectivity index (χ1v) is 13.1. The summed E-state index contributed by atoms with van der Waals surface area (Å²) < 4.78 is 0. The monoisotopic (exact) mass is 499 g/mol. The molecule has 7 aromatic rings. The Morgan fingerprint density at radius 3 is 1.49 bits per heavy atom. The van der Waals surface area contributed by atoms with Crippen molar-refractivity contribution >= 4 is 67.8 Å². The van der Waals surface area contributed by atoms with Crippen LogP contribution >= 0.6 is 0 Å². The highest BCUT2D eigenvalue weighted by Gasteiger charge is 2.15. The van der Waals surface area contributed by atoms with E-state index in [1.807, 2.05) is 24.3 Å². The van der Waals surface area contributed by atoms with Crippen LogP contribution in [0, 0.1) is 0 Å². The van der Waals surface area contributed by atoms with Gasteiger partial charge in [0.2, 0.25) is 0 Å². The highest BCUT2D eigenvalue weighted by Crippen LogP contribution is 2.41. The predicted octanol–water partition coefficient (Wildman–Crippen LogP) is 10.0. The van der Waals surface area contributed by atoms with Gasteiger partial charge in [-0.2, -0.15) is 0 Å². The predicted molar refractivity (Wildman–Crippen MR) is 166 cm³/mol. The van der Waals surface area contributed by atoms with E-state index in [0.717, 1.165) is 34.5 Å². The Hall–Kier alpha value is -5.21. The maximum Gasteiger partial charge on any atom is 0.150 e. The average Bonchev–Trinajstić information content (AvgIpc) is 3.00. The number of carbonyl (C=O) groups is 1. The number of hydrogen-bond acceptors (Lipinski definition) is 2. The molecule has 7 aromatic carbocycles. The molecule has 0 saturated carbocycles. The Morgan fingerprint density at radius 1 is 0.410 bits per heavy atom. The number of nitrogens with zero attached hydrogens (tertiary/aromatic N) is 1. The summed E-state index contributed by atoms with van der Waals surface area (Å²) in [6, 6.07) is 46.8. The van der Waals surface area contributed by atoms with E-state index in [9.17, 15) is 4.79 Å². The maximum atomic E-state index is 10.9. The van der Waals surface area contributed by atoms with Gasteiger partial charge in [0.1, 0.15) is 6.29 Å². The van der Waals surface area contributed by atoms with Gasteiger partial charge in [-0.05, 0) is 79.8 Å². The number of carbonyl (C=O) groups excluding carboxylic acids is 1. The molecule has 0 aliphatic heterocycles. The van der Waals surface area contributed by atoms with Gasteiger partial charge in [0.15, 0.2) is 0 Å². The van der Waals surface area contributed by atoms with Gasteiger partial charge in [0.25, 0.3) is 0 Å². The molecule has 2 heteroatoms. The van der Waals surface area contributed by atoms with Crippen LogP contribution in [-0.4, -0.2) is 6.29 Å². The van der Waals surface area contributed by atoms with Crippen molar-refractivity contribution in [2.75, 3.05) is 4.90 Å². The van der Waals surface area contributed by atoms with Crippen LogP contribution in [0.25, 0.3) is 44.5 Å². The lowest BCUT2D eigenvalue weighted by molar-refractivity contribution is 0.112. The van der Waals surface area contributed by atoms with Crippen molar-refractivity contribution in [3.8, 4) is 0 Å². The van der Waals surface area contributed by atoms with Crippen LogP contribution in [0.5, 0.6) is 0 Å². The molecular formula is C37H25NO. The number of anilines is 3. The van der Waals surface area contributed by atoms with Gasteiger partial charge in [0, 0.05) is 22.6 Å². The van der Waals surface area contributed by atoms with E-state index >= 15 is 0 Å². The second-order valence-corrected chi connectivity index (χ2v) is 9.86. The summed E-state index contributed by atoms with van der Waals surface area (Å²) in [6.45, 7) is 0. The zero-order valence-electron chi connectivity index (χ0n) is 21.3. The summed E-state index contributed by atoms with van der Waals surface area (Å²) in [6.07, 6.45) is 5.03. The topological polar surface area (TPSA) is 20.3 Å². The largest absolute Gasteiger partial charge is 0.310 e. The SMILES string of the molecule is O=Cc1ccc(C=Cc2ccc(N(c3ccccc3)c3cc4ccc5cccc6ccc(c3)c4c56)cc2)cc1. The quantitative estimate of drug-likeness (QED) is 0.129. The van der Waals surface area contributed by atoms with Crippen molar-refractivity contribution in [3.63, 3.8) is 0 Å². The fourth-order valence-electron chi connectivity index (χ4n) is 5.50. The molecule has 0 fully saturated rings. The first kappa shape index (κ1) is 22.9. The molecule has 0 N–H and O–H groups in total. The molecule has 0 saturated heterocycles. The number of rotatable bonds is 6. The van der Waals surface area contributed by atoms with E-state index in [2.05, 4.69) is 126 Å². The molecule has 0 unspecified atom stereocenters. The third kappa shape index (κ3) is 4.22. The Morgan fingerprint density at radius 2 is 0.897 bits per heavy atom. The summed E-state index contributed by atoms with van der Waals surface area (Å²) in [7, 11) is 0. The first-order chi connectivity index (χ1) is 19.3. The third-order valence-corrected chi connectivity index (χ3v) is 7.41. The standard InChI is InChI=1S/C37H25NO/c39-25-28-13-11-26(12-14-28)9-10-27-15-21-34(22-16-27)38(33-7-2-1-3-8-33)35-23-31-19-17-29-5-4-6-30-18-20-32(24-35)37(31)36(29)30/h1-25H. The number of benzene rings is 7. The molecule has 0 heterocycles. The molecule has 39 heavy (non-hydrogen) atoms. The summed E-state index contributed by atoms with van der Waals surface area (Å²) >= 11 is 0. The van der Waals surface area contributed by atoms with Crippen LogP contribution in [0.15, 0.2) is 133 Å². The molecule has 0 atom stereocenters. The maximum absolute atomic E-state index is 10.9. The molecule has 0 amide bonds. The number of hydrogen-bond donors (Lipinski definition) is 0. The Labute approximate surface area is 227 Å². The van der Waals surface area contributed by atoms with E-state index in [-0.39, 0.29) is 0 Å². The van der Waals surface area contributed by atoms with Crippen molar-refractivity contribution in [3.05, 3.63) is 150 Å². The summed E-state index contributed by atoms with van der Waals surface area (Å²) in [4.78, 5) is 13.2. The molecule has 0 bridgehead atoms. The van der Waals surface area contributed by atoms with Crippen molar-refractivity contribution in [1.29, 1.82) is 0 Å². The smallest absolute Gasteiger partial charge is 0.150 e. The third-order valence-electron chi connectivity index (χ3n) is 7.41. The Balaban J connectivity index is 1.30. The molecule has 0 aliphatic carbocycles. The van der Waals surface area contributed by atoms with Crippen LogP contribution in [0.1, 0.15) is 21.5 Å². The minimum atomic E-state index is 0.685. The van der Waals surface area contributed by atoms with Gasteiger partial charge in [-0.25, -0.2) is 0 Å². The Kier molecular flexibility index (Phi) is 5.64. The lowest BCUT2D eigenvalue weighted by atomic mass is 9.93. The number of aldehydes is 1. The molecule has 7 rings (SSSR count). The molecule has 0 radical (unpaired) electrons. The number of para-hydroxylation sites is 1. The summed E-state index contributed by atoms with van der Waals surface area (Å²) in [5.41, 5.74) is 6.20. The van der Waals surface area contributed by atoms with E-state index in [4.69, 9.17) is 0 Å². The molecule has 0 aromatic heterocycles. The molecule has 2 nitrogen and oxygen atoms in total. The molecule has 184 valence electrons. The normalized spacial score (nSPS) is 11.6. The van der Waals surface area contributed by atoms with E-state index in [1.165, 1.54) is 32.3 Å². The van der Waals surface area contributed by atoms with Crippen molar-refractivity contribution in [1.82, 2.24) is 0 Å². The highest BCUT2D eigenvalue weighted by molar-refractivity contribution is 6.23. The minimum Gasteiger partial charge on any atom is -0.310 e. The van der Waals surface area contributed by atoms with Crippen molar-refractivity contribution < 1.29 is 4.79 Å². The fourth-order valence-corrected chi connectivity index (χ4v) is 5.50. The van der Waals surface area contributed by atoms with Crippen LogP contribution in [0.2, 0.25) is 0 Å². The van der Waals surface area contributed by atoms with Gasteiger partial charge >= 0.3 is 0 Å². The van der Waals surface area contributed by atoms with Gasteiger partial charge < -0.3 is 4.90 Å². The summed E-state index contributed by atoms with van der Waals surface area (Å²) in [5, 5.41) is 7.70. The van der Waals surface area contributed by atoms with Crippen LogP contribution in [0.4, 0.5) is 17.1 Å². The second kappa shape index (κ2) is 9.59. The van der Waals surface area contributed by atoms with Crippen LogP contribution in [0.3, 0.4) is 0 Å². The van der Waals surface area contributed by atoms with Gasteiger partial charge in [-0.1, -0.05) is 109 Å². The van der Waals surface area contributed by atoms with Crippen LogP contribution < -0.4 is 4.90 Å². The molecule has 0 aliphatic rings.